The first kappa shape index (κ1) is 12.7. The molecule has 1 aromatic heterocycles. The Bertz CT molecular complexity index is 758. The summed E-state index contributed by atoms with van der Waals surface area (Å²) in [6.45, 7) is 0.815. The van der Waals surface area contributed by atoms with Crippen LogP contribution in [0.4, 0.5) is 5.69 Å². The average molecular weight is 271 g/mol. The average Bonchev–Trinajstić information content (AvgIpc) is 2.50. The maximum absolute atomic E-state index is 11.9. The van der Waals surface area contributed by atoms with Gasteiger partial charge in [-0.25, -0.2) is 0 Å². The number of allylic oxidation sites excluding steroid dienone is 2. The van der Waals surface area contributed by atoms with E-state index in [1.165, 1.54) is 0 Å². The van der Waals surface area contributed by atoms with Crippen molar-refractivity contribution in [3.05, 3.63) is 51.1 Å². The second kappa shape index (κ2) is 5.36. The molecule has 0 spiro atoms. The van der Waals surface area contributed by atoms with E-state index in [-0.39, 0.29) is 11.1 Å². The van der Waals surface area contributed by atoms with Gasteiger partial charge in [0, 0.05) is 12.2 Å². The minimum atomic E-state index is -0.274. The lowest BCUT2D eigenvalue weighted by atomic mass is 9.94. The molecule has 5 heteroatoms. The van der Waals surface area contributed by atoms with E-state index in [4.69, 9.17) is 0 Å². The minimum absolute atomic E-state index is 0.272. The molecule has 0 radical (unpaired) electrons. The van der Waals surface area contributed by atoms with E-state index in [0.717, 1.165) is 31.5 Å². The van der Waals surface area contributed by atoms with E-state index in [0.29, 0.717) is 16.7 Å². The zero-order valence-electron chi connectivity index (χ0n) is 11.1. The SMILES string of the molecule is O=c1[nH][nH]c(=O)c2c(NCC3CC=CCC3)cccc12. The predicted octanol–water partition coefficient (Wildman–Crippen LogP) is 1.98. The van der Waals surface area contributed by atoms with Crippen LogP contribution in [0.3, 0.4) is 0 Å². The van der Waals surface area contributed by atoms with Gasteiger partial charge >= 0.3 is 0 Å². The largest absolute Gasteiger partial charge is 0.384 e. The summed E-state index contributed by atoms with van der Waals surface area (Å²) in [4.78, 5) is 23.7. The summed E-state index contributed by atoms with van der Waals surface area (Å²) in [5.41, 5.74) is 0.180. The Morgan fingerprint density at radius 1 is 1.15 bits per heavy atom. The van der Waals surface area contributed by atoms with Gasteiger partial charge in [0.2, 0.25) is 0 Å². The zero-order valence-corrected chi connectivity index (χ0v) is 11.1. The Kier molecular flexibility index (Phi) is 3.41. The number of H-pyrrole nitrogens is 2. The fraction of sp³-hybridized carbons (Fsp3) is 0.333. The van der Waals surface area contributed by atoms with E-state index in [9.17, 15) is 9.59 Å². The molecule has 1 heterocycles. The third kappa shape index (κ3) is 2.39. The van der Waals surface area contributed by atoms with E-state index in [2.05, 4.69) is 27.7 Å². The van der Waals surface area contributed by atoms with Crippen molar-refractivity contribution in [3.8, 4) is 0 Å². The Balaban J connectivity index is 1.91. The van der Waals surface area contributed by atoms with Crippen LogP contribution in [0.1, 0.15) is 19.3 Å². The predicted molar refractivity (Wildman–Crippen MR) is 80.2 cm³/mol. The molecule has 0 saturated heterocycles. The van der Waals surface area contributed by atoms with Gasteiger partial charge in [0.15, 0.2) is 0 Å². The molecule has 1 aromatic carbocycles. The smallest absolute Gasteiger partial charge is 0.272 e. The van der Waals surface area contributed by atoms with E-state index < -0.39 is 0 Å². The third-order valence-corrected chi connectivity index (χ3v) is 3.78. The molecule has 1 aliphatic rings. The summed E-state index contributed by atoms with van der Waals surface area (Å²) < 4.78 is 0. The third-order valence-electron chi connectivity index (χ3n) is 3.78. The molecule has 0 bridgehead atoms. The van der Waals surface area contributed by atoms with Crippen molar-refractivity contribution < 1.29 is 0 Å². The Morgan fingerprint density at radius 2 is 2.00 bits per heavy atom. The lowest BCUT2D eigenvalue weighted by Crippen LogP contribution is -2.21. The van der Waals surface area contributed by atoms with Crippen LogP contribution >= 0.6 is 0 Å². The number of fused-ring (bicyclic) bond motifs is 1. The summed E-state index contributed by atoms with van der Waals surface area (Å²) in [7, 11) is 0. The van der Waals surface area contributed by atoms with Crippen LogP contribution in [0, 0.1) is 5.92 Å². The van der Waals surface area contributed by atoms with Gasteiger partial charge in [0.1, 0.15) is 0 Å². The topological polar surface area (TPSA) is 77.8 Å². The van der Waals surface area contributed by atoms with E-state index >= 15 is 0 Å². The minimum Gasteiger partial charge on any atom is -0.384 e. The zero-order chi connectivity index (χ0) is 13.9. The molecule has 1 aliphatic carbocycles. The molecule has 0 fully saturated rings. The van der Waals surface area contributed by atoms with Crippen molar-refractivity contribution in [1.29, 1.82) is 0 Å². The second-order valence-corrected chi connectivity index (χ2v) is 5.17. The first-order valence-corrected chi connectivity index (χ1v) is 6.88. The molecule has 0 saturated carbocycles. The molecule has 20 heavy (non-hydrogen) atoms. The molecule has 3 N–H and O–H groups in total. The molecule has 0 aliphatic heterocycles. The van der Waals surface area contributed by atoms with Crippen LogP contribution < -0.4 is 16.4 Å². The maximum atomic E-state index is 11.9. The highest BCUT2D eigenvalue weighted by atomic mass is 16.1. The van der Waals surface area contributed by atoms with Gasteiger partial charge in [0.25, 0.3) is 11.1 Å². The van der Waals surface area contributed by atoms with Crippen molar-refractivity contribution in [1.82, 2.24) is 10.2 Å². The van der Waals surface area contributed by atoms with Gasteiger partial charge in [-0.1, -0.05) is 18.2 Å². The number of benzene rings is 1. The van der Waals surface area contributed by atoms with Crippen LogP contribution in [0.15, 0.2) is 39.9 Å². The number of anilines is 1. The number of hydrogen-bond donors (Lipinski definition) is 3. The van der Waals surface area contributed by atoms with Crippen molar-refractivity contribution in [2.45, 2.75) is 19.3 Å². The van der Waals surface area contributed by atoms with Gasteiger partial charge < -0.3 is 5.32 Å². The van der Waals surface area contributed by atoms with Crippen molar-refractivity contribution in [2.75, 3.05) is 11.9 Å². The molecule has 104 valence electrons. The maximum Gasteiger partial charge on any atom is 0.272 e. The number of rotatable bonds is 3. The molecule has 2 aromatic rings. The highest BCUT2D eigenvalue weighted by Gasteiger charge is 2.12. The first-order valence-electron chi connectivity index (χ1n) is 6.88. The monoisotopic (exact) mass is 271 g/mol. The lowest BCUT2D eigenvalue weighted by Gasteiger charge is -2.19. The second-order valence-electron chi connectivity index (χ2n) is 5.17. The van der Waals surface area contributed by atoms with Gasteiger partial charge in [-0.2, -0.15) is 0 Å². The summed E-state index contributed by atoms with van der Waals surface area (Å²) in [5, 5.41) is 8.89. The van der Waals surface area contributed by atoms with Gasteiger partial charge in [-0.15, -0.1) is 0 Å². The summed E-state index contributed by atoms with van der Waals surface area (Å²) >= 11 is 0. The number of nitrogens with one attached hydrogen (secondary N) is 3. The molecule has 5 nitrogen and oxygen atoms in total. The lowest BCUT2D eigenvalue weighted by molar-refractivity contribution is 0.504. The van der Waals surface area contributed by atoms with Crippen LogP contribution in [0.5, 0.6) is 0 Å². The Morgan fingerprint density at radius 3 is 2.80 bits per heavy atom. The van der Waals surface area contributed by atoms with Gasteiger partial charge in [-0.3, -0.25) is 19.8 Å². The van der Waals surface area contributed by atoms with Crippen LogP contribution in [0.25, 0.3) is 10.8 Å². The number of hydrogen-bond acceptors (Lipinski definition) is 3. The fourth-order valence-corrected chi connectivity index (χ4v) is 2.67. The molecule has 3 rings (SSSR count). The van der Waals surface area contributed by atoms with Crippen molar-refractivity contribution in [3.63, 3.8) is 0 Å². The molecule has 1 atom stereocenters. The summed E-state index contributed by atoms with van der Waals surface area (Å²) in [6.07, 6.45) is 7.75. The fourth-order valence-electron chi connectivity index (χ4n) is 2.67. The van der Waals surface area contributed by atoms with Crippen molar-refractivity contribution in [2.24, 2.45) is 5.92 Å². The van der Waals surface area contributed by atoms with Gasteiger partial charge in [0.05, 0.1) is 10.8 Å². The van der Waals surface area contributed by atoms with E-state index in [1.54, 1.807) is 12.1 Å². The number of aromatic amines is 2. The van der Waals surface area contributed by atoms with Crippen LogP contribution in [-0.4, -0.2) is 16.7 Å². The van der Waals surface area contributed by atoms with Gasteiger partial charge in [-0.05, 0) is 37.3 Å². The number of aromatic nitrogens is 2. The highest BCUT2D eigenvalue weighted by Crippen LogP contribution is 2.21. The van der Waals surface area contributed by atoms with Crippen LogP contribution in [0.2, 0.25) is 0 Å². The first-order chi connectivity index (χ1) is 9.75. The molecular formula is C15H17N3O2. The van der Waals surface area contributed by atoms with Crippen molar-refractivity contribution >= 4 is 16.5 Å². The van der Waals surface area contributed by atoms with Crippen LogP contribution in [-0.2, 0) is 0 Å². The molecule has 0 amide bonds. The standard InChI is InChI=1S/C15H17N3O2/c19-14-11-7-4-8-12(13(11)15(20)18-17-14)16-9-10-5-2-1-3-6-10/h1-2,4,7-8,10,16H,3,5-6,9H2,(H,17,19)(H,18,20). The quantitative estimate of drug-likeness (QED) is 0.747. The molecule has 1 unspecified atom stereocenters. The Labute approximate surface area is 115 Å². The highest BCUT2D eigenvalue weighted by molar-refractivity contribution is 5.92. The van der Waals surface area contributed by atoms with E-state index in [1.807, 2.05) is 6.07 Å². The Hall–Kier alpha value is -2.30. The molecular weight excluding hydrogens is 254 g/mol. The summed E-state index contributed by atoms with van der Waals surface area (Å²) in [5.74, 6) is 0.580. The summed E-state index contributed by atoms with van der Waals surface area (Å²) in [6, 6.07) is 5.30. The normalized spacial score (nSPS) is 18.3.